The van der Waals surface area contributed by atoms with Gasteiger partial charge in [-0.25, -0.2) is 4.98 Å². The molecule has 1 aliphatic heterocycles. The number of carbonyl (C=O) groups excluding carboxylic acids is 1. The van der Waals surface area contributed by atoms with E-state index in [1.165, 1.54) is 12.6 Å². The molecule has 2 aliphatic rings. The van der Waals surface area contributed by atoms with Gasteiger partial charge in [0.05, 0.1) is 24.4 Å². The molecule has 1 amide bonds. The van der Waals surface area contributed by atoms with Gasteiger partial charge in [-0.2, -0.15) is 5.26 Å². The predicted molar refractivity (Wildman–Crippen MR) is 114 cm³/mol. The number of nitriles is 1. The van der Waals surface area contributed by atoms with Gasteiger partial charge in [-0.3, -0.25) is 9.78 Å². The van der Waals surface area contributed by atoms with Crippen LogP contribution in [0.2, 0.25) is 5.02 Å². The average molecular weight is 424 g/mol. The molecule has 0 bridgehead atoms. The van der Waals surface area contributed by atoms with Crippen LogP contribution >= 0.6 is 11.6 Å². The molecule has 3 heterocycles. The molecule has 0 atom stereocenters. The number of amides is 1. The van der Waals surface area contributed by atoms with Crippen molar-refractivity contribution in [3.8, 4) is 11.9 Å². The van der Waals surface area contributed by atoms with E-state index < -0.39 is 0 Å². The van der Waals surface area contributed by atoms with E-state index in [-0.39, 0.29) is 18.4 Å². The summed E-state index contributed by atoms with van der Waals surface area (Å²) in [5.41, 5.74) is 2.82. The Kier molecular flexibility index (Phi) is 6.15. The molecule has 1 aliphatic carbocycles. The van der Waals surface area contributed by atoms with Gasteiger partial charge in [0.2, 0.25) is 5.91 Å². The number of halogens is 1. The van der Waals surface area contributed by atoms with Gasteiger partial charge in [-0.15, -0.1) is 0 Å². The highest BCUT2D eigenvalue weighted by atomic mass is 35.5. The lowest BCUT2D eigenvalue weighted by Gasteiger charge is -2.26. The Labute approximate surface area is 180 Å². The van der Waals surface area contributed by atoms with E-state index in [1.54, 1.807) is 17.2 Å². The lowest BCUT2D eigenvalue weighted by atomic mass is 9.96. The number of rotatable bonds is 6. The first kappa shape index (κ1) is 20.2. The molecule has 0 unspecified atom stereocenters. The maximum absolute atomic E-state index is 12.4. The first-order valence-electron chi connectivity index (χ1n) is 10.0. The van der Waals surface area contributed by atoms with Crippen molar-refractivity contribution in [3.05, 3.63) is 52.9 Å². The number of carbonyl (C=O) groups is 1. The smallest absolute Gasteiger partial charge is 0.230 e. The second-order valence-electron chi connectivity index (χ2n) is 7.47. The van der Waals surface area contributed by atoms with Crippen LogP contribution in [0.4, 0.5) is 5.82 Å². The monoisotopic (exact) mass is 423 g/mol. The van der Waals surface area contributed by atoms with Crippen LogP contribution in [0.15, 0.2) is 36.7 Å². The van der Waals surface area contributed by atoms with E-state index in [0.29, 0.717) is 29.7 Å². The maximum Gasteiger partial charge on any atom is 0.230 e. The van der Waals surface area contributed by atoms with E-state index >= 15 is 0 Å². The fourth-order valence-electron chi connectivity index (χ4n) is 3.33. The lowest BCUT2D eigenvalue weighted by Crippen LogP contribution is -2.24. The third kappa shape index (κ3) is 4.89. The number of nitrogens with one attached hydrogen (secondary N) is 1. The summed E-state index contributed by atoms with van der Waals surface area (Å²) in [4.78, 5) is 22.8. The molecule has 8 heteroatoms. The van der Waals surface area contributed by atoms with E-state index in [1.807, 2.05) is 18.2 Å². The summed E-state index contributed by atoms with van der Waals surface area (Å²) >= 11 is 6.15. The third-order valence-corrected chi connectivity index (χ3v) is 5.59. The molecular weight excluding hydrogens is 402 g/mol. The summed E-state index contributed by atoms with van der Waals surface area (Å²) in [6, 6.07) is 5.49. The Hall–Kier alpha value is -3.11. The summed E-state index contributed by atoms with van der Waals surface area (Å²) in [7, 11) is 0. The molecule has 0 radical (unpaired) electrons. The van der Waals surface area contributed by atoms with Crippen LogP contribution in [0.3, 0.4) is 0 Å². The third-order valence-electron chi connectivity index (χ3n) is 5.30. The van der Waals surface area contributed by atoms with Crippen LogP contribution in [0.1, 0.15) is 36.9 Å². The van der Waals surface area contributed by atoms with Crippen molar-refractivity contribution in [2.45, 2.75) is 38.2 Å². The average Bonchev–Trinajstić information content (AvgIpc) is 2.73. The predicted octanol–water partition coefficient (Wildman–Crippen LogP) is 3.81. The van der Waals surface area contributed by atoms with Crippen LogP contribution < -0.4 is 10.1 Å². The van der Waals surface area contributed by atoms with E-state index in [9.17, 15) is 4.79 Å². The van der Waals surface area contributed by atoms with Crippen molar-refractivity contribution in [2.24, 2.45) is 0 Å². The van der Waals surface area contributed by atoms with Crippen LogP contribution in [-0.2, 0) is 11.2 Å². The van der Waals surface area contributed by atoms with E-state index in [0.717, 1.165) is 36.1 Å². The van der Waals surface area contributed by atoms with Gasteiger partial charge in [-0.1, -0.05) is 23.7 Å². The minimum absolute atomic E-state index is 0.185. The zero-order chi connectivity index (χ0) is 20.9. The quantitative estimate of drug-likeness (QED) is 0.710. The van der Waals surface area contributed by atoms with Gasteiger partial charge < -0.3 is 15.0 Å². The molecule has 0 aromatic carbocycles. The molecule has 7 nitrogen and oxygen atoms in total. The fraction of sp³-hybridized carbons (Fsp3) is 0.364. The van der Waals surface area contributed by atoms with Gasteiger partial charge in [0.1, 0.15) is 16.6 Å². The molecule has 1 N–H and O–H groups in total. The Bertz CT molecular complexity index is 996. The highest BCUT2D eigenvalue weighted by Gasteiger charge is 2.21. The van der Waals surface area contributed by atoms with Crippen LogP contribution in [0.5, 0.6) is 5.75 Å². The number of aromatic nitrogens is 2. The van der Waals surface area contributed by atoms with Crippen LogP contribution in [-0.4, -0.2) is 40.0 Å². The number of hydrogen-bond donors (Lipinski definition) is 1. The zero-order valence-corrected chi connectivity index (χ0v) is 17.2. The van der Waals surface area contributed by atoms with E-state index in [2.05, 4.69) is 21.5 Å². The van der Waals surface area contributed by atoms with Crippen LogP contribution in [0, 0.1) is 11.5 Å². The summed E-state index contributed by atoms with van der Waals surface area (Å²) in [5, 5.41) is 12.2. The van der Waals surface area contributed by atoms with Crippen molar-refractivity contribution in [1.29, 1.82) is 5.26 Å². The molecule has 2 aromatic rings. The number of ether oxygens (including phenoxy) is 1. The standard InChI is InChI=1S/C22H22ClN5O2/c23-18-13-26-21(11-20(18)30-17-2-1-3-17)27-22(29)10-15-4-5-19(25-12-15)16-6-8-28(14-24)9-7-16/h4-6,11-13,17H,1-3,7-10H2,(H,26,27,29). The molecular formula is C22H22ClN5O2. The van der Waals surface area contributed by atoms with Crippen molar-refractivity contribution < 1.29 is 9.53 Å². The minimum atomic E-state index is -0.185. The summed E-state index contributed by atoms with van der Waals surface area (Å²) < 4.78 is 5.85. The topological polar surface area (TPSA) is 91.1 Å². The van der Waals surface area contributed by atoms with Gasteiger partial charge in [0, 0.05) is 25.4 Å². The summed E-state index contributed by atoms with van der Waals surface area (Å²) in [6.45, 7) is 1.31. The van der Waals surface area contributed by atoms with Gasteiger partial charge in [0.15, 0.2) is 6.19 Å². The number of nitrogens with zero attached hydrogens (tertiary/aromatic N) is 4. The van der Waals surface area contributed by atoms with Crippen molar-refractivity contribution in [2.75, 3.05) is 18.4 Å². The lowest BCUT2D eigenvalue weighted by molar-refractivity contribution is -0.115. The second kappa shape index (κ2) is 9.14. The Morgan fingerprint density at radius 1 is 1.33 bits per heavy atom. The SMILES string of the molecule is N#CN1CC=C(c2ccc(CC(=O)Nc3cc(OC4CCC4)c(Cl)cn3)cn2)CC1. The largest absolute Gasteiger partial charge is 0.489 e. The summed E-state index contributed by atoms with van der Waals surface area (Å²) in [5.74, 6) is 0.779. The first-order chi connectivity index (χ1) is 14.6. The Morgan fingerprint density at radius 2 is 2.20 bits per heavy atom. The molecule has 1 fully saturated rings. The normalized spacial score (nSPS) is 16.3. The van der Waals surface area contributed by atoms with Crippen LogP contribution in [0.25, 0.3) is 5.57 Å². The Morgan fingerprint density at radius 3 is 2.83 bits per heavy atom. The number of hydrogen-bond acceptors (Lipinski definition) is 6. The van der Waals surface area contributed by atoms with Crippen molar-refractivity contribution >= 4 is 28.9 Å². The van der Waals surface area contributed by atoms with Gasteiger partial charge >= 0.3 is 0 Å². The van der Waals surface area contributed by atoms with Gasteiger partial charge in [-0.05, 0) is 42.9 Å². The van der Waals surface area contributed by atoms with Crippen molar-refractivity contribution in [3.63, 3.8) is 0 Å². The summed E-state index contributed by atoms with van der Waals surface area (Å²) in [6.07, 6.45) is 11.8. The Balaban J connectivity index is 1.34. The highest BCUT2D eigenvalue weighted by molar-refractivity contribution is 6.32. The molecule has 30 heavy (non-hydrogen) atoms. The van der Waals surface area contributed by atoms with Gasteiger partial charge in [0.25, 0.3) is 0 Å². The second-order valence-corrected chi connectivity index (χ2v) is 7.88. The van der Waals surface area contributed by atoms with Crippen molar-refractivity contribution in [1.82, 2.24) is 14.9 Å². The van der Waals surface area contributed by atoms with E-state index in [4.69, 9.17) is 21.6 Å². The minimum Gasteiger partial charge on any atom is -0.489 e. The maximum atomic E-state index is 12.4. The molecule has 4 rings (SSSR count). The fourth-order valence-corrected chi connectivity index (χ4v) is 3.48. The zero-order valence-electron chi connectivity index (χ0n) is 16.5. The molecule has 0 spiro atoms. The highest BCUT2D eigenvalue weighted by Crippen LogP contribution is 2.31. The molecule has 154 valence electrons. The molecule has 0 saturated heterocycles. The first-order valence-corrected chi connectivity index (χ1v) is 10.4. The molecule has 2 aromatic heterocycles. The number of pyridine rings is 2. The molecule has 1 saturated carbocycles. The number of anilines is 1.